The fourth-order valence-electron chi connectivity index (χ4n) is 3.23. The van der Waals surface area contributed by atoms with Gasteiger partial charge >= 0.3 is 6.18 Å². The zero-order valence-corrected chi connectivity index (χ0v) is 24.2. The highest BCUT2D eigenvalue weighted by Crippen LogP contribution is 2.32. The zero-order chi connectivity index (χ0) is 28.0. The first-order valence-electron chi connectivity index (χ1n) is 11.1. The highest BCUT2D eigenvalue weighted by Gasteiger charge is 2.30. The number of thiazole rings is 1. The SMILES string of the molecule is O=C(Cc1csc(Nc2cccc(C(F)(F)F)c2)n1)N/N=C\c1ccc(OCc2ccc(Cl)c(Cl)c2)c(I)c1. The summed E-state index contributed by atoms with van der Waals surface area (Å²) in [4.78, 5) is 16.5. The van der Waals surface area contributed by atoms with Crippen molar-refractivity contribution in [3.8, 4) is 5.75 Å². The van der Waals surface area contributed by atoms with Crippen molar-refractivity contribution in [2.75, 3.05) is 5.32 Å². The van der Waals surface area contributed by atoms with Gasteiger partial charge in [0.25, 0.3) is 0 Å². The predicted molar refractivity (Wildman–Crippen MR) is 156 cm³/mol. The second-order valence-corrected chi connectivity index (χ2v) is 10.9. The molecule has 0 aliphatic carbocycles. The van der Waals surface area contributed by atoms with Crippen LogP contribution in [0.15, 0.2) is 71.1 Å². The molecule has 0 bridgehead atoms. The number of hydrogen-bond acceptors (Lipinski definition) is 6. The van der Waals surface area contributed by atoms with Crippen molar-refractivity contribution in [2.24, 2.45) is 5.10 Å². The van der Waals surface area contributed by atoms with E-state index in [0.29, 0.717) is 33.2 Å². The van der Waals surface area contributed by atoms with E-state index in [4.69, 9.17) is 27.9 Å². The molecule has 0 aliphatic rings. The number of rotatable bonds is 9. The maximum absolute atomic E-state index is 12.9. The molecule has 0 atom stereocenters. The van der Waals surface area contributed by atoms with Crippen LogP contribution in [-0.2, 0) is 24.0 Å². The third-order valence-corrected chi connectivity index (χ3v) is 7.46. The molecule has 3 aromatic carbocycles. The van der Waals surface area contributed by atoms with E-state index in [1.807, 2.05) is 12.1 Å². The van der Waals surface area contributed by atoms with Gasteiger partial charge in [0, 0.05) is 11.1 Å². The number of aromatic nitrogens is 1. The van der Waals surface area contributed by atoms with Crippen molar-refractivity contribution in [1.29, 1.82) is 0 Å². The van der Waals surface area contributed by atoms with E-state index in [1.54, 1.807) is 29.6 Å². The summed E-state index contributed by atoms with van der Waals surface area (Å²) in [5, 5.41) is 9.78. The molecule has 1 aromatic heterocycles. The van der Waals surface area contributed by atoms with E-state index in [-0.39, 0.29) is 12.1 Å². The maximum Gasteiger partial charge on any atom is 0.416 e. The molecule has 0 fully saturated rings. The Balaban J connectivity index is 1.27. The van der Waals surface area contributed by atoms with E-state index in [0.717, 1.165) is 26.8 Å². The zero-order valence-electron chi connectivity index (χ0n) is 19.7. The number of benzene rings is 3. The average Bonchev–Trinajstić information content (AvgIpc) is 3.31. The van der Waals surface area contributed by atoms with Gasteiger partial charge in [-0.05, 0) is 82.2 Å². The number of amides is 1. The molecule has 2 N–H and O–H groups in total. The summed E-state index contributed by atoms with van der Waals surface area (Å²) in [6.45, 7) is 0.324. The topological polar surface area (TPSA) is 75.6 Å². The Kier molecular flexibility index (Phi) is 9.70. The number of carbonyl (C=O) groups excluding carboxylic acids is 1. The van der Waals surface area contributed by atoms with Gasteiger partial charge in [0.05, 0.1) is 37.5 Å². The first kappa shape index (κ1) is 29.1. The van der Waals surface area contributed by atoms with Crippen LogP contribution in [0, 0.1) is 3.57 Å². The molecule has 6 nitrogen and oxygen atoms in total. The molecule has 0 saturated carbocycles. The molecule has 0 aliphatic heterocycles. The highest BCUT2D eigenvalue weighted by molar-refractivity contribution is 14.1. The van der Waals surface area contributed by atoms with Gasteiger partial charge < -0.3 is 10.1 Å². The monoisotopic (exact) mass is 704 g/mol. The fraction of sp³-hybridized carbons (Fsp3) is 0.115. The number of ether oxygens (including phenoxy) is 1. The minimum absolute atomic E-state index is 0.0445. The molecule has 1 heterocycles. The Bertz CT molecular complexity index is 1510. The molecule has 202 valence electrons. The van der Waals surface area contributed by atoms with Crippen molar-refractivity contribution in [3.05, 3.63) is 102 Å². The predicted octanol–water partition coefficient (Wildman–Crippen LogP) is 8.09. The van der Waals surface area contributed by atoms with Gasteiger partial charge in [-0.1, -0.05) is 35.3 Å². The standard InChI is InChI=1S/C26H18Cl2F3IN4O2S/c27-20-6-4-16(8-21(20)28)13-38-23-7-5-15(9-22(23)32)12-33-36-24(37)11-19-14-39-25(35-19)34-18-3-1-2-17(10-18)26(29,30)31/h1-10,12,14H,11,13H2,(H,34,35)(H,36,37)/b33-12-. The Morgan fingerprint density at radius 3 is 2.67 bits per heavy atom. The molecule has 0 radical (unpaired) electrons. The molecule has 0 spiro atoms. The van der Waals surface area contributed by atoms with E-state index in [2.05, 4.69) is 43.4 Å². The van der Waals surface area contributed by atoms with Crippen LogP contribution in [0.25, 0.3) is 0 Å². The van der Waals surface area contributed by atoms with E-state index in [1.165, 1.54) is 29.7 Å². The van der Waals surface area contributed by atoms with Crippen LogP contribution in [0.2, 0.25) is 10.0 Å². The Morgan fingerprint density at radius 2 is 1.92 bits per heavy atom. The summed E-state index contributed by atoms with van der Waals surface area (Å²) in [5.74, 6) is 0.291. The first-order chi connectivity index (χ1) is 18.6. The summed E-state index contributed by atoms with van der Waals surface area (Å²) in [5.41, 5.74) is 4.03. The van der Waals surface area contributed by atoms with Crippen LogP contribution in [0.3, 0.4) is 0 Å². The Labute approximate surface area is 249 Å². The normalized spacial score (nSPS) is 11.5. The van der Waals surface area contributed by atoms with E-state index >= 15 is 0 Å². The van der Waals surface area contributed by atoms with Gasteiger partial charge in [-0.3, -0.25) is 4.79 Å². The van der Waals surface area contributed by atoms with Crippen molar-refractivity contribution in [1.82, 2.24) is 10.4 Å². The minimum atomic E-state index is -4.44. The number of carbonyl (C=O) groups is 1. The number of hydrazone groups is 1. The number of nitrogens with one attached hydrogen (secondary N) is 2. The van der Waals surface area contributed by atoms with Crippen LogP contribution in [0.5, 0.6) is 5.75 Å². The summed E-state index contributed by atoms with van der Waals surface area (Å²) >= 11 is 15.3. The number of nitrogens with zero attached hydrogens (tertiary/aromatic N) is 2. The molecule has 0 saturated heterocycles. The van der Waals surface area contributed by atoms with Crippen LogP contribution in [0.4, 0.5) is 24.0 Å². The molecule has 1 amide bonds. The number of halogens is 6. The number of anilines is 2. The van der Waals surface area contributed by atoms with E-state index < -0.39 is 17.6 Å². The second-order valence-electron chi connectivity index (χ2n) is 8.04. The molecular weight excluding hydrogens is 687 g/mol. The van der Waals surface area contributed by atoms with Crippen LogP contribution >= 0.6 is 57.1 Å². The molecule has 39 heavy (non-hydrogen) atoms. The van der Waals surface area contributed by atoms with Crippen LogP contribution in [0.1, 0.15) is 22.4 Å². The largest absolute Gasteiger partial charge is 0.488 e. The smallest absolute Gasteiger partial charge is 0.416 e. The molecule has 0 unspecified atom stereocenters. The van der Waals surface area contributed by atoms with Gasteiger partial charge in [-0.2, -0.15) is 18.3 Å². The van der Waals surface area contributed by atoms with Gasteiger partial charge in [0.15, 0.2) is 5.13 Å². The lowest BCUT2D eigenvalue weighted by atomic mass is 10.2. The van der Waals surface area contributed by atoms with E-state index in [9.17, 15) is 18.0 Å². The maximum atomic E-state index is 12.9. The third-order valence-electron chi connectivity index (χ3n) is 5.07. The first-order valence-corrected chi connectivity index (χ1v) is 13.8. The summed E-state index contributed by atoms with van der Waals surface area (Å²) in [6, 6.07) is 15.6. The van der Waals surface area contributed by atoms with Crippen LogP contribution in [-0.4, -0.2) is 17.1 Å². The third kappa shape index (κ3) is 8.56. The average molecular weight is 705 g/mol. The Hall–Kier alpha value is -2.87. The molecule has 4 aromatic rings. The van der Waals surface area contributed by atoms with Crippen molar-refractivity contribution in [3.63, 3.8) is 0 Å². The number of hydrogen-bond donors (Lipinski definition) is 2. The highest BCUT2D eigenvalue weighted by atomic mass is 127. The second kappa shape index (κ2) is 13.0. The summed E-state index contributed by atoms with van der Waals surface area (Å²) < 4.78 is 45.4. The summed E-state index contributed by atoms with van der Waals surface area (Å²) in [7, 11) is 0. The van der Waals surface area contributed by atoms with Gasteiger partial charge in [0.1, 0.15) is 12.4 Å². The number of alkyl halides is 3. The quantitative estimate of drug-likeness (QED) is 0.105. The lowest BCUT2D eigenvalue weighted by Crippen LogP contribution is -2.19. The van der Waals surface area contributed by atoms with Gasteiger partial charge in [-0.15, -0.1) is 11.3 Å². The van der Waals surface area contributed by atoms with Crippen molar-refractivity contribution >= 4 is 80.1 Å². The minimum Gasteiger partial charge on any atom is -0.488 e. The lowest BCUT2D eigenvalue weighted by molar-refractivity contribution is -0.137. The van der Waals surface area contributed by atoms with Gasteiger partial charge in [-0.25, -0.2) is 10.4 Å². The molecule has 4 rings (SSSR count). The molecule has 13 heteroatoms. The van der Waals surface area contributed by atoms with Gasteiger partial charge in [0.2, 0.25) is 5.91 Å². The van der Waals surface area contributed by atoms with Crippen molar-refractivity contribution < 1.29 is 22.7 Å². The fourth-order valence-corrected chi connectivity index (χ4v) is 4.98. The van der Waals surface area contributed by atoms with Crippen LogP contribution < -0.4 is 15.5 Å². The lowest BCUT2D eigenvalue weighted by Gasteiger charge is -2.09. The molecular formula is C26H18Cl2F3IN4O2S. The van der Waals surface area contributed by atoms with Crippen molar-refractivity contribution in [2.45, 2.75) is 19.2 Å². The Morgan fingerprint density at radius 1 is 1.10 bits per heavy atom. The summed E-state index contributed by atoms with van der Waals surface area (Å²) in [6.07, 6.45) is -2.98.